The van der Waals surface area contributed by atoms with Crippen molar-refractivity contribution in [1.82, 2.24) is 15.1 Å². The van der Waals surface area contributed by atoms with E-state index < -0.39 is 42.7 Å². The molecule has 2 aliphatic rings. The Morgan fingerprint density at radius 2 is 1.72 bits per heavy atom. The van der Waals surface area contributed by atoms with Crippen molar-refractivity contribution in [3.05, 3.63) is 0 Å². The van der Waals surface area contributed by atoms with E-state index in [2.05, 4.69) is 10.3 Å². The van der Waals surface area contributed by atoms with Crippen LogP contribution in [0, 0.1) is 11.8 Å². The lowest BCUT2D eigenvalue weighted by atomic mass is 9.81. The van der Waals surface area contributed by atoms with Gasteiger partial charge in [-0.05, 0) is 31.6 Å². The zero-order valence-corrected chi connectivity index (χ0v) is 17.9. The van der Waals surface area contributed by atoms with E-state index in [1.165, 1.54) is 4.90 Å². The monoisotopic (exact) mass is 453 g/mol. The number of hydrogen-bond acceptors (Lipinski definition) is 6. The fourth-order valence-electron chi connectivity index (χ4n) is 4.10. The van der Waals surface area contributed by atoms with Crippen LogP contribution in [0.4, 0.5) is 0 Å². The van der Waals surface area contributed by atoms with Crippen LogP contribution in [0.5, 0.6) is 0 Å². The van der Waals surface area contributed by atoms with Crippen molar-refractivity contribution in [3.63, 3.8) is 0 Å². The lowest BCUT2D eigenvalue weighted by Crippen LogP contribution is -2.61. The van der Waals surface area contributed by atoms with Gasteiger partial charge in [-0.3, -0.25) is 29.0 Å². The normalized spacial score (nSPS) is 23.4. The highest BCUT2D eigenvalue weighted by Gasteiger charge is 2.39. The van der Waals surface area contributed by atoms with Crippen LogP contribution in [0.15, 0.2) is 4.99 Å². The van der Waals surface area contributed by atoms with E-state index in [1.54, 1.807) is 0 Å². The molecule has 2 rings (SSSR count). The maximum Gasteiger partial charge on any atom is 0.323 e. The number of hydrogen-bond donors (Lipinski definition) is 5. The van der Waals surface area contributed by atoms with E-state index in [9.17, 15) is 24.0 Å². The Morgan fingerprint density at radius 3 is 2.28 bits per heavy atom. The summed E-state index contributed by atoms with van der Waals surface area (Å²) in [5, 5.41) is 11.5. The predicted octanol–water partition coefficient (Wildman–Crippen LogP) is -2.82. The molecule has 2 fully saturated rings. The number of rotatable bonds is 9. The molecule has 1 saturated carbocycles. The van der Waals surface area contributed by atoms with E-state index >= 15 is 0 Å². The van der Waals surface area contributed by atoms with Gasteiger partial charge in [0.05, 0.1) is 13.0 Å². The fraction of sp³-hybridized carbons (Fsp3) is 0.684. The smallest absolute Gasteiger partial charge is 0.323 e. The van der Waals surface area contributed by atoms with E-state index in [1.807, 2.05) is 0 Å². The SMILES string of the molecule is NC(=O)CC1C(=O)N(CC(=O)O)CCN1C(=O)CNC(=O)C1CCC(CN=C(N)N)CC1. The number of carboxylic acids is 1. The van der Waals surface area contributed by atoms with Crippen LogP contribution in [0.25, 0.3) is 0 Å². The quantitative estimate of drug-likeness (QED) is 0.181. The van der Waals surface area contributed by atoms with E-state index in [0.29, 0.717) is 25.3 Å². The predicted molar refractivity (Wildman–Crippen MR) is 113 cm³/mol. The highest BCUT2D eigenvalue weighted by molar-refractivity contribution is 5.95. The number of nitrogens with one attached hydrogen (secondary N) is 1. The zero-order chi connectivity index (χ0) is 23.8. The summed E-state index contributed by atoms with van der Waals surface area (Å²) in [6.07, 6.45) is 2.48. The van der Waals surface area contributed by atoms with Crippen LogP contribution in [0.1, 0.15) is 32.1 Å². The minimum absolute atomic E-state index is 0.0138. The summed E-state index contributed by atoms with van der Waals surface area (Å²) in [6, 6.07) is -1.18. The topological polar surface area (TPSA) is 215 Å². The van der Waals surface area contributed by atoms with Crippen LogP contribution in [0.3, 0.4) is 0 Å². The van der Waals surface area contributed by atoms with E-state index in [-0.39, 0.29) is 37.4 Å². The molecule has 1 aliphatic heterocycles. The number of piperazine rings is 1. The largest absolute Gasteiger partial charge is 0.480 e. The van der Waals surface area contributed by atoms with Crippen LogP contribution in [-0.4, -0.2) is 89.2 Å². The summed E-state index contributed by atoms with van der Waals surface area (Å²) in [5.74, 6) is -3.30. The summed E-state index contributed by atoms with van der Waals surface area (Å²) in [4.78, 5) is 66.3. The van der Waals surface area contributed by atoms with Crippen molar-refractivity contribution in [2.75, 3.05) is 32.7 Å². The molecular weight excluding hydrogens is 422 g/mol. The van der Waals surface area contributed by atoms with Gasteiger partial charge in [-0.15, -0.1) is 0 Å². The number of aliphatic carboxylic acids is 1. The number of nitrogens with zero attached hydrogens (tertiary/aromatic N) is 3. The molecule has 0 bridgehead atoms. The highest BCUT2D eigenvalue weighted by atomic mass is 16.4. The molecular formula is C19H31N7O6. The molecule has 32 heavy (non-hydrogen) atoms. The molecule has 0 aromatic heterocycles. The number of aliphatic imine (C=N–C) groups is 1. The number of nitrogens with two attached hydrogens (primary N) is 3. The molecule has 0 aromatic rings. The van der Waals surface area contributed by atoms with E-state index in [0.717, 1.165) is 17.7 Å². The van der Waals surface area contributed by atoms with Crippen molar-refractivity contribution in [2.24, 2.45) is 34.0 Å². The first-order valence-electron chi connectivity index (χ1n) is 10.5. The summed E-state index contributed by atoms with van der Waals surface area (Å²) >= 11 is 0. The maximum atomic E-state index is 12.7. The van der Waals surface area contributed by atoms with Gasteiger partial charge in [-0.1, -0.05) is 0 Å². The van der Waals surface area contributed by atoms with Crippen molar-refractivity contribution >= 4 is 35.6 Å². The van der Waals surface area contributed by atoms with Crippen LogP contribution in [-0.2, 0) is 24.0 Å². The minimum Gasteiger partial charge on any atom is -0.480 e. The Balaban J connectivity index is 1.88. The first kappa shape index (κ1) is 24.9. The molecule has 13 nitrogen and oxygen atoms in total. The molecule has 1 aliphatic carbocycles. The summed E-state index contributed by atoms with van der Waals surface area (Å²) in [5.41, 5.74) is 15.9. The summed E-state index contributed by atoms with van der Waals surface area (Å²) in [7, 11) is 0. The van der Waals surface area contributed by atoms with Crippen molar-refractivity contribution in [3.8, 4) is 0 Å². The van der Waals surface area contributed by atoms with Crippen molar-refractivity contribution in [1.29, 1.82) is 0 Å². The Kier molecular flexibility index (Phi) is 8.79. The van der Waals surface area contributed by atoms with Gasteiger partial charge in [-0.2, -0.15) is 0 Å². The fourth-order valence-corrected chi connectivity index (χ4v) is 4.10. The molecule has 0 radical (unpaired) electrons. The third-order valence-corrected chi connectivity index (χ3v) is 5.79. The second-order valence-corrected chi connectivity index (χ2v) is 8.13. The number of amides is 4. The average molecular weight is 454 g/mol. The number of guanidine groups is 1. The number of carboxylic acid groups (broad SMARTS) is 1. The average Bonchev–Trinajstić information content (AvgIpc) is 2.73. The van der Waals surface area contributed by atoms with Gasteiger partial charge in [0.25, 0.3) is 0 Å². The van der Waals surface area contributed by atoms with Gasteiger partial charge in [0, 0.05) is 25.6 Å². The Morgan fingerprint density at radius 1 is 1.06 bits per heavy atom. The standard InChI is InChI=1S/C19H31N7O6/c20-14(27)7-13-18(32)25(10-16(29)30)5-6-26(13)15(28)9-23-17(31)12-3-1-11(2-4-12)8-24-19(21)22/h11-13H,1-10H2,(H2,20,27)(H,23,31)(H,29,30)(H4,21,22,24). The molecule has 1 atom stereocenters. The Hall–Kier alpha value is -3.38. The van der Waals surface area contributed by atoms with Crippen molar-refractivity contribution < 1.29 is 29.1 Å². The van der Waals surface area contributed by atoms with Crippen LogP contribution >= 0.6 is 0 Å². The molecule has 178 valence electrons. The lowest BCUT2D eigenvalue weighted by Gasteiger charge is -2.39. The van der Waals surface area contributed by atoms with Gasteiger partial charge >= 0.3 is 5.97 Å². The third kappa shape index (κ3) is 7.10. The first-order valence-corrected chi connectivity index (χ1v) is 10.5. The molecule has 0 aromatic carbocycles. The summed E-state index contributed by atoms with van der Waals surface area (Å²) in [6.45, 7) is -0.271. The molecule has 0 spiro atoms. The van der Waals surface area contributed by atoms with Gasteiger partial charge < -0.3 is 37.4 Å². The molecule has 1 heterocycles. The van der Waals surface area contributed by atoms with Gasteiger partial charge in [0.15, 0.2) is 5.96 Å². The zero-order valence-electron chi connectivity index (χ0n) is 17.9. The number of primary amides is 1. The van der Waals surface area contributed by atoms with E-state index in [4.69, 9.17) is 22.3 Å². The second-order valence-electron chi connectivity index (χ2n) is 8.13. The molecule has 8 N–H and O–H groups in total. The third-order valence-electron chi connectivity index (χ3n) is 5.79. The molecule has 1 unspecified atom stereocenters. The second kappa shape index (κ2) is 11.3. The molecule has 13 heteroatoms. The van der Waals surface area contributed by atoms with Gasteiger partial charge in [0.1, 0.15) is 12.6 Å². The van der Waals surface area contributed by atoms with Gasteiger partial charge in [-0.25, -0.2) is 0 Å². The lowest BCUT2D eigenvalue weighted by molar-refractivity contribution is -0.156. The molecule has 1 saturated heterocycles. The Bertz CT molecular complexity index is 774. The van der Waals surface area contributed by atoms with Crippen LogP contribution < -0.4 is 22.5 Å². The first-order chi connectivity index (χ1) is 15.1. The van der Waals surface area contributed by atoms with Gasteiger partial charge in [0.2, 0.25) is 23.6 Å². The number of carbonyl (C=O) groups excluding carboxylic acids is 4. The maximum absolute atomic E-state index is 12.7. The minimum atomic E-state index is -1.20. The number of carbonyl (C=O) groups is 5. The van der Waals surface area contributed by atoms with Crippen LogP contribution in [0.2, 0.25) is 0 Å². The molecule has 4 amide bonds. The summed E-state index contributed by atoms with van der Waals surface area (Å²) < 4.78 is 0. The van der Waals surface area contributed by atoms with Crippen molar-refractivity contribution in [2.45, 2.75) is 38.1 Å². The Labute approximate surface area is 185 Å². The highest BCUT2D eigenvalue weighted by Crippen LogP contribution is 2.29.